The SMILES string of the molecule is CCOC(=O)C1=C(C)N=c2s/c(=C/c3ccc(OCC(=O)OC)c(OCC)c3)c(=O)n2C1c1ccc(C(C)C)cc1. The normalized spacial score (nSPS) is 14.9. The lowest BCUT2D eigenvalue weighted by Gasteiger charge is -2.25. The second-order valence-electron chi connectivity index (χ2n) is 9.63. The van der Waals surface area contributed by atoms with Gasteiger partial charge < -0.3 is 18.9 Å². The molecule has 3 aromatic rings. The van der Waals surface area contributed by atoms with Crippen molar-refractivity contribution in [3.05, 3.63) is 90.1 Å². The van der Waals surface area contributed by atoms with E-state index in [0.717, 1.165) is 11.1 Å². The summed E-state index contributed by atoms with van der Waals surface area (Å²) in [7, 11) is 1.29. The zero-order valence-corrected chi connectivity index (χ0v) is 24.9. The van der Waals surface area contributed by atoms with Gasteiger partial charge in [0.15, 0.2) is 22.9 Å². The van der Waals surface area contributed by atoms with Crippen LogP contribution in [0.4, 0.5) is 0 Å². The highest BCUT2D eigenvalue weighted by Gasteiger charge is 2.33. The summed E-state index contributed by atoms with van der Waals surface area (Å²) in [6, 6.07) is 12.5. The highest BCUT2D eigenvalue weighted by molar-refractivity contribution is 7.07. The number of hydrogen-bond donors (Lipinski definition) is 0. The summed E-state index contributed by atoms with van der Waals surface area (Å²) in [5.74, 6) is 0.150. The van der Waals surface area contributed by atoms with E-state index < -0.39 is 18.0 Å². The Hall–Kier alpha value is -4.18. The van der Waals surface area contributed by atoms with Gasteiger partial charge >= 0.3 is 11.9 Å². The maximum Gasteiger partial charge on any atom is 0.343 e. The fourth-order valence-corrected chi connectivity index (χ4v) is 5.57. The third-order valence-corrected chi connectivity index (χ3v) is 7.56. The van der Waals surface area contributed by atoms with Crippen LogP contribution in [0.3, 0.4) is 0 Å². The number of ether oxygens (including phenoxy) is 4. The van der Waals surface area contributed by atoms with Crippen molar-refractivity contribution in [1.29, 1.82) is 0 Å². The van der Waals surface area contributed by atoms with Crippen LogP contribution < -0.4 is 24.4 Å². The highest BCUT2D eigenvalue weighted by Crippen LogP contribution is 2.32. The van der Waals surface area contributed by atoms with Gasteiger partial charge in [0.2, 0.25) is 0 Å². The van der Waals surface area contributed by atoms with Gasteiger partial charge in [0.1, 0.15) is 0 Å². The molecule has 4 rings (SSSR count). The van der Waals surface area contributed by atoms with E-state index in [4.69, 9.17) is 14.2 Å². The second-order valence-corrected chi connectivity index (χ2v) is 10.6. The standard InChI is InChI=1S/C31H34N2O7S/c1-7-38-24-15-20(9-14-23(24)40-17-26(34)37-6)16-25-29(35)33-28(22-12-10-21(11-13-22)18(3)4)27(30(36)39-8-2)19(5)32-31(33)41-25/h9-16,18,28H,7-8,17H2,1-6H3/b25-16+. The van der Waals surface area contributed by atoms with Crippen molar-refractivity contribution < 1.29 is 28.5 Å². The molecule has 1 aliphatic heterocycles. The van der Waals surface area contributed by atoms with E-state index in [0.29, 0.717) is 50.2 Å². The Labute approximate surface area is 242 Å². The van der Waals surface area contributed by atoms with Crippen molar-refractivity contribution in [2.75, 3.05) is 26.9 Å². The number of carbonyl (C=O) groups excluding carboxylic acids is 2. The zero-order chi connectivity index (χ0) is 29.7. The summed E-state index contributed by atoms with van der Waals surface area (Å²) in [5, 5.41) is 0. The molecule has 0 N–H and O–H groups in total. The number of esters is 2. The third-order valence-electron chi connectivity index (χ3n) is 6.57. The lowest BCUT2D eigenvalue weighted by molar-refractivity contribution is -0.143. The van der Waals surface area contributed by atoms with Gasteiger partial charge in [0.25, 0.3) is 5.56 Å². The van der Waals surface area contributed by atoms with Crippen LogP contribution in [0, 0.1) is 0 Å². The van der Waals surface area contributed by atoms with Gasteiger partial charge in [-0.05, 0) is 61.6 Å². The van der Waals surface area contributed by atoms with E-state index in [1.807, 2.05) is 31.2 Å². The van der Waals surface area contributed by atoms with Crippen LogP contribution in [0.15, 0.2) is 63.5 Å². The molecule has 0 bridgehead atoms. The van der Waals surface area contributed by atoms with Crippen LogP contribution in [0.2, 0.25) is 0 Å². The number of benzene rings is 2. The fourth-order valence-electron chi connectivity index (χ4n) is 4.52. The maximum absolute atomic E-state index is 13.9. The number of fused-ring (bicyclic) bond motifs is 1. The van der Waals surface area contributed by atoms with Gasteiger partial charge in [0.05, 0.1) is 42.2 Å². The topological polar surface area (TPSA) is 105 Å². The quantitative estimate of drug-likeness (QED) is 0.336. The molecule has 0 radical (unpaired) electrons. The molecular formula is C31H34N2O7S. The van der Waals surface area contributed by atoms with Gasteiger partial charge in [-0.15, -0.1) is 0 Å². The van der Waals surface area contributed by atoms with Gasteiger partial charge in [-0.3, -0.25) is 9.36 Å². The predicted molar refractivity (Wildman–Crippen MR) is 156 cm³/mol. The molecule has 216 valence electrons. The Morgan fingerprint density at radius 3 is 2.41 bits per heavy atom. The number of allylic oxidation sites excluding steroid dienone is 1. The lowest BCUT2D eigenvalue weighted by Crippen LogP contribution is -2.39. The van der Waals surface area contributed by atoms with E-state index >= 15 is 0 Å². The molecule has 0 aliphatic carbocycles. The number of methoxy groups -OCH3 is 1. The molecule has 0 amide bonds. The van der Waals surface area contributed by atoms with Gasteiger partial charge in [-0.25, -0.2) is 14.6 Å². The van der Waals surface area contributed by atoms with Crippen LogP contribution >= 0.6 is 11.3 Å². The summed E-state index contributed by atoms with van der Waals surface area (Å²) >= 11 is 1.24. The van der Waals surface area contributed by atoms with Crippen molar-refractivity contribution in [1.82, 2.24) is 4.57 Å². The number of thiazole rings is 1. The molecular weight excluding hydrogens is 544 g/mol. The molecule has 1 aliphatic rings. The average molecular weight is 579 g/mol. The first-order chi connectivity index (χ1) is 19.7. The van der Waals surface area contributed by atoms with Crippen molar-refractivity contribution in [2.45, 2.75) is 46.6 Å². The number of nitrogens with zero attached hydrogens (tertiary/aromatic N) is 2. The first-order valence-corrected chi connectivity index (χ1v) is 14.3. The Morgan fingerprint density at radius 2 is 1.78 bits per heavy atom. The summed E-state index contributed by atoms with van der Waals surface area (Å²) in [6.45, 7) is 9.91. The van der Waals surface area contributed by atoms with Gasteiger partial charge in [-0.2, -0.15) is 0 Å². The molecule has 0 fully saturated rings. The van der Waals surface area contributed by atoms with Crippen LogP contribution in [-0.4, -0.2) is 43.4 Å². The van der Waals surface area contributed by atoms with E-state index in [2.05, 4.69) is 23.6 Å². The molecule has 9 nitrogen and oxygen atoms in total. The Bertz CT molecular complexity index is 1650. The Kier molecular flexibility index (Phi) is 9.44. The van der Waals surface area contributed by atoms with Crippen molar-refractivity contribution in [2.24, 2.45) is 4.99 Å². The first-order valence-electron chi connectivity index (χ1n) is 13.4. The Morgan fingerprint density at radius 1 is 1.05 bits per heavy atom. The summed E-state index contributed by atoms with van der Waals surface area (Å²) in [5.41, 5.74) is 3.23. The predicted octanol–water partition coefficient (Wildman–Crippen LogP) is 3.87. The van der Waals surface area contributed by atoms with Crippen LogP contribution in [0.5, 0.6) is 11.5 Å². The highest BCUT2D eigenvalue weighted by atomic mass is 32.1. The molecule has 10 heteroatoms. The number of rotatable bonds is 10. The molecule has 1 atom stereocenters. The summed E-state index contributed by atoms with van der Waals surface area (Å²) < 4.78 is 23.3. The van der Waals surface area contributed by atoms with E-state index in [9.17, 15) is 14.4 Å². The monoisotopic (exact) mass is 578 g/mol. The van der Waals surface area contributed by atoms with Crippen LogP contribution in [0.1, 0.15) is 63.3 Å². The first kappa shape index (κ1) is 29.8. The largest absolute Gasteiger partial charge is 0.490 e. The average Bonchev–Trinajstić information content (AvgIpc) is 3.25. The van der Waals surface area contributed by atoms with E-state index in [1.54, 1.807) is 42.7 Å². The molecule has 0 saturated carbocycles. The van der Waals surface area contributed by atoms with Gasteiger partial charge in [0, 0.05) is 0 Å². The van der Waals surface area contributed by atoms with Crippen LogP contribution in [-0.2, 0) is 19.1 Å². The third kappa shape index (κ3) is 6.43. The number of hydrogen-bond acceptors (Lipinski definition) is 9. The van der Waals surface area contributed by atoms with Crippen molar-refractivity contribution in [3.63, 3.8) is 0 Å². The Balaban J connectivity index is 1.82. The molecule has 2 heterocycles. The molecule has 0 spiro atoms. The van der Waals surface area contributed by atoms with E-state index in [1.165, 1.54) is 18.4 Å². The smallest absolute Gasteiger partial charge is 0.343 e. The van der Waals surface area contributed by atoms with Crippen molar-refractivity contribution >= 4 is 29.4 Å². The van der Waals surface area contributed by atoms with E-state index in [-0.39, 0.29) is 18.8 Å². The second kappa shape index (κ2) is 13.0. The minimum Gasteiger partial charge on any atom is -0.490 e. The minimum absolute atomic E-state index is 0.209. The zero-order valence-electron chi connectivity index (χ0n) is 24.1. The molecule has 2 aromatic carbocycles. The van der Waals surface area contributed by atoms with Gasteiger partial charge in [-0.1, -0.05) is 55.5 Å². The van der Waals surface area contributed by atoms with Crippen LogP contribution in [0.25, 0.3) is 6.08 Å². The molecule has 1 unspecified atom stereocenters. The number of aromatic nitrogens is 1. The maximum atomic E-state index is 13.9. The molecule has 0 saturated heterocycles. The lowest BCUT2D eigenvalue weighted by atomic mass is 9.93. The molecule has 1 aromatic heterocycles. The fraction of sp³-hybridized carbons (Fsp3) is 0.355. The minimum atomic E-state index is -0.679. The summed E-state index contributed by atoms with van der Waals surface area (Å²) in [6.07, 6.45) is 1.75. The summed E-state index contributed by atoms with van der Waals surface area (Å²) in [4.78, 5) is 43.7. The van der Waals surface area contributed by atoms with Crippen molar-refractivity contribution in [3.8, 4) is 11.5 Å². The number of carbonyl (C=O) groups is 2. The molecule has 41 heavy (non-hydrogen) atoms.